The summed E-state index contributed by atoms with van der Waals surface area (Å²) >= 11 is 0. The zero-order valence-corrected chi connectivity index (χ0v) is 9.72. The number of hydrogen-bond acceptors (Lipinski definition) is 4. The van der Waals surface area contributed by atoms with E-state index in [0.29, 0.717) is 25.3 Å². The molecule has 0 heterocycles. The van der Waals surface area contributed by atoms with Gasteiger partial charge in [-0.3, -0.25) is 4.79 Å². The summed E-state index contributed by atoms with van der Waals surface area (Å²) in [5, 5.41) is 7.25. The molecule has 0 fully saturated rings. The van der Waals surface area contributed by atoms with Gasteiger partial charge in [0, 0.05) is 13.0 Å². The first-order valence-corrected chi connectivity index (χ1v) is 6.54. The minimum Gasteiger partial charge on any atom is -0.355 e. The predicted octanol–water partition coefficient (Wildman–Crippen LogP) is -1.23. The van der Waals surface area contributed by atoms with Crippen LogP contribution in [0.15, 0.2) is 0 Å². The third-order valence-corrected chi connectivity index (χ3v) is 2.75. The summed E-state index contributed by atoms with van der Waals surface area (Å²) in [6.07, 6.45) is 1.07. The summed E-state index contributed by atoms with van der Waals surface area (Å²) in [7, 11) is -3.49. The van der Waals surface area contributed by atoms with Gasteiger partial charge >= 0.3 is 0 Å². The minimum absolute atomic E-state index is 0.0642. The molecule has 0 aliphatic heterocycles. The van der Waals surface area contributed by atoms with Gasteiger partial charge in [0.05, 0.1) is 5.75 Å². The van der Waals surface area contributed by atoms with E-state index in [-0.39, 0.29) is 18.2 Å². The highest BCUT2D eigenvalue weighted by Gasteiger charge is 2.07. The highest BCUT2D eigenvalue weighted by molar-refractivity contribution is 7.89. The standard InChI is InChI=1S/C8H19N3O3S/c1-7(6-9)2-3-8(12)11-4-5-15(10,13)14/h7H,2-6,9H2,1H3,(H,11,12)(H2,10,13,14). The normalized spacial score (nSPS) is 13.5. The number of carbonyl (C=O) groups is 1. The van der Waals surface area contributed by atoms with E-state index in [9.17, 15) is 13.2 Å². The Hall–Kier alpha value is -0.660. The number of primary sulfonamides is 1. The molecule has 0 saturated heterocycles. The van der Waals surface area contributed by atoms with Crippen LogP contribution in [0.4, 0.5) is 0 Å². The van der Waals surface area contributed by atoms with Crippen LogP contribution in [-0.4, -0.2) is 33.2 Å². The summed E-state index contributed by atoms with van der Waals surface area (Å²) in [5.74, 6) is -0.0986. The molecule has 7 heteroatoms. The quantitative estimate of drug-likeness (QED) is 0.514. The number of rotatable bonds is 7. The van der Waals surface area contributed by atoms with E-state index in [2.05, 4.69) is 5.32 Å². The van der Waals surface area contributed by atoms with E-state index < -0.39 is 10.0 Å². The molecular formula is C8H19N3O3S. The monoisotopic (exact) mass is 237 g/mol. The van der Waals surface area contributed by atoms with Gasteiger partial charge in [-0.15, -0.1) is 0 Å². The molecule has 0 radical (unpaired) electrons. The summed E-state index contributed by atoms with van der Waals surface area (Å²) in [5.41, 5.74) is 5.39. The Morgan fingerprint density at radius 3 is 2.53 bits per heavy atom. The van der Waals surface area contributed by atoms with Crippen molar-refractivity contribution in [2.45, 2.75) is 19.8 Å². The highest BCUT2D eigenvalue weighted by atomic mass is 32.2. The van der Waals surface area contributed by atoms with E-state index in [1.165, 1.54) is 0 Å². The van der Waals surface area contributed by atoms with Crippen molar-refractivity contribution in [3.8, 4) is 0 Å². The maximum absolute atomic E-state index is 11.2. The van der Waals surface area contributed by atoms with Crippen LogP contribution >= 0.6 is 0 Å². The molecule has 0 aliphatic carbocycles. The van der Waals surface area contributed by atoms with Gasteiger partial charge in [-0.25, -0.2) is 13.6 Å². The predicted molar refractivity (Wildman–Crippen MR) is 58.4 cm³/mol. The maximum Gasteiger partial charge on any atom is 0.220 e. The molecule has 0 saturated carbocycles. The topological polar surface area (TPSA) is 115 Å². The first-order valence-electron chi connectivity index (χ1n) is 4.82. The smallest absolute Gasteiger partial charge is 0.220 e. The lowest BCUT2D eigenvalue weighted by molar-refractivity contribution is -0.121. The van der Waals surface area contributed by atoms with Crippen LogP contribution in [0.5, 0.6) is 0 Å². The summed E-state index contributed by atoms with van der Waals surface area (Å²) < 4.78 is 21.1. The average Bonchev–Trinajstić information content (AvgIpc) is 2.12. The van der Waals surface area contributed by atoms with Crippen molar-refractivity contribution in [3.63, 3.8) is 0 Å². The molecule has 5 N–H and O–H groups in total. The number of sulfonamides is 1. The van der Waals surface area contributed by atoms with E-state index >= 15 is 0 Å². The molecule has 1 unspecified atom stereocenters. The Balaban J connectivity index is 3.59. The van der Waals surface area contributed by atoms with Crippen LogP contribution in [0.1, 0.15) is 19.8 Å². The van der Waals surface area contributed by atoms with E-state index in [0.717, 1.165) is 0 Å². The molecule has 0 rings (SSSR count). The Morgan fingerprint density at radius 2 is 2.07 bits per heavy atom. The van der Waals surface area contributed by atoms with Gasteiger partial charge in [0.25, 0.3) is 0 Å². The second kappa shape index (κ2) is 6.76. The molecule has 0 aromatic rings. The van der Waals surface area contributed by atoms with Gasteiger partial charge in [-0.1, -0.05) is 6.92 Å². The Bertz CT molecular complexity index is 290. The van der Waals surface area contributed by atoms with Crippen molar-refractivity contribution >= 4 is 15.9 Å². The van der Waals surface area contributed by atoms with Crippen molar-refractivity contribution in [3.05, 3.63) is 0 Å². The molecule has 0 bridgehead atoms. The third kappa shape index (κ3) is 9.64. The molecule has 6 nitrogen and oxygen atoms in total. The van der Waals surface area contributed by atoms with Gasteiger partial charge in [-0.05, 0) is 18.9 Å². The van der Waals surface area contributed by atoms with Crippen LogP contribution in [-0.2, 0) is 14.8 Å². The Morgan fingerprint density at radius 1 is 1.47 bits per heavy atom. The van der Waals surface area contributed by atoms with E-state index in [1.54, 1.807) is 0 Å². The van der Waals surface area contributed by atoms with Gasteiger partial charge < -0.3 is 11.1 Å². The summed E-state index contributed by atoms with van der Waals surface area (Å²) in [6, 6.07) is 0. The van der Waals surface area contributed by atoms with Crippen molar-refractivity contribution in [1.29, 1.82) is 0 Å². The zero-order valence-electron chi connectivity index (χ0n) is 8.90. The first kappa shape index (κ1) is 14.3. The molecule has 1 amide bonds. The number of carbonyl (C=O) groups excluding carboxylic acids is 1. The maximum atomic E-state index is 11.2. The molecular weight excluding hydrogens is 218 g/mol. The highest BCUT2D eigenvalue weighted by Crippen LogP contribution is 2.02. The fourth-order valence-corrected chi connectivity index (χ4v) is 1.30. The second-order valence-corrected chi connectivity index (χ2v) is 5.33. The van der Waals surface area contributed by atoms with Gasteiger partial charge in [-0.2, -0.15) is 0 Å². The second-order valence-electron chi connectivity index (χ2n) is 3.60. The van der Waals surface area contributed by atoms with Crippen molar-refractivity contribution in [1.82, 2.24) is 5.32 Å². The van der Waals surface area contributed by atoms with Crippen LogP contribution in [0.3, 0.4) is 0 Å². The van der Waals surface area contributed by atoms with Gasteiger partial charge in [0.15, 0.2) is 0 Å². The lowest BCUT2D eigenvalue weighted by Gasteiger charge is -2.08. The number of nitrogens with two attached hydrogens (primary N) is 2. The molecule has 0 aromatic heterocycles. The lowest BCUT2D eigenvalue weighted by Crippen LogP contribution is -2.31. The third-order valence-electron chi connectivity index (χ3n) is 1.98. The van der Waals surface area contributed by atoms with Crippen molar-refractivity contribution in [2.24, 2.45) is 16.8 Å². The van der Waals surface area contributed by atoms with Crippen molar-refractivity contribution in [2.75, 3.05) is 18.8 Å². The van der Waals surface area contributed by atoms with E-state index in [1.807, 2.05) is 6.92 Å². The molecule has 90 valence electrons. The molecule has 15 heavy (non-hydrogen) atoms. The minimum atomic E-state index is -3.49. The number of nitrogens with one attached hydrogen (secondary N) is 1. The fraction of sp³-hybridized carbons (Fsp3) is 0.875. The average molecular weight is 237 g/mol. The molecule has 0 aliphatic rings. The number of hydrogen-bond donors (Lipinski definition) is 3. The number of amides is 1. The van der Waals surface area contributed by atoms with Crippen LogP contribution < -0.4 is 16.2 Å². The fourth-order valence-electron chi connectivity index (χ4n) is 0.916. The lowest BCUT2D eigenvalue weighted by atomic mass is 10.1. The van der Waals surface area contributed by atoms with Gasteiger partial charge in [0.2, 0.25) is 15.9 Å². The van der Waals surface area contributed by atoms with Crippen molar-refractivity contribution < 1.29 is 13.2 Å². The molecule has 0 aromatic carbocycles. The van der Waals surface area contributed by atoms with E-state index in [4.69, 9.17) is 10.9 Å². The Kier molecular flexibility index (Phi) is 6.46. The largest absolute Gasteiger partial charge is 0.355 e. The summed E-state index contributed by atoms with van der Waals surface area (Å²) in [4.78, 5) is 11.2. The first-order chi connectivity index (χ1) is 6.85. The van der Waals surface area contributed by atoms with Crippen LogP contribution in [0.2, 0.25) is 0 Å². The van der Waals surface area contributed by atoms with Crippen LogP contribution in [0.25, 0.3) is 0 Å². The van der Waals surface area contributed by atoms with Crippen LogP contribution in [0, 0.1) is 5.92 Å². The molecule has 0 spiro atoms. The zero-order chi connectivity index (χ0) is 11.9. The van der Waals surface area contributed by atoms with Gasteiger partial charge in [0.1, 0.15) is 0 Å². The summed E-state index contributed by atoms with van der Waals surface area (Å²) in [6.45, 7) is 2.57. The Labute approximate surface area is 90.4 Å². The SMILES string of the molecule is CC(CN)CCC(=O)NCCS(N)(=O)=O. The molecule has 1 atom stereocenters.